The second-order valence-electron chi connectivity index (χ2n) is 5.13. The molecule has 0 aromatic rings. The van der Waals surface area contributed by atoms with Gasteiger partial charge in [0, 0.05) is 39.8 Å². The van der Waals surface area contributed by atoms with E-state index in [1.807, 2.05) is 6.92 Å². The third kappa shape index (κ3) is 10.8. The first-order valence-electron chi connectivity index (χ1n) is 7.38. The lowest BCUT2D eigenvalue weighted by Crippen LogP contribution is -2.43. The van der Waals surface area contributed by atoms with Crippen LogP contribution in [0.1, 0.15) is 27.7 Å². The highest BCUT2D eigenvalue weighted by molar-refractivity contribution is 14.0. The van der Waals surface area contributed by atoms with Gasteiger partial charge in [0.15, 0.2) is 5.96 Å². The van der Waals surface area contributed by atoms with Crippen LogP contribution in [0.15, 0.2) is 4.99 Å². The second-order valence-corrected chi connectivity index (χ2v) is 5.13. The van der Waals surface area contributed by atoms with Gasteiger partial charge in [-0.15, -0.1) is 24.0 Å². The molecule has 0 fully saturated rings. The number of carbonyl (C=O) groups excluding carboxylic acids is 1. The predicted molar refractivity (Wildman–Crippen MR) is 100 cm³/mol. The van der Waals surface area contributed by atoms with E-state index in [-0.39, 0.29) is 36.4 Å². The molecule has 126 valence electrons. The minimum atomic E-state index is -0.000400. The van der Waals surface area contributed by atoms with Crippen molar-refractivity contribution in [3.8, 4) is 0 Å². The molecule has 21 heavy (non-hydrogen) atoms. The number of nitrogens with one attached hydrogen (secondary N) is 2. The van der Waals surface area contributed by atoms with E-state index in [1.54, 1.807) is 19.0 Å². The van der Waals surface area contributed by atoms with Crippen LogP contribution in [-0.4, -0.2) is 74.5 Å². The topological polar surface area (TPSA) is 60.0 Å². The first kappa shape index (κ1) is 22.7. The van der Waals surface area contributed by atoms with Crippen molar-refractivity contribution in [1.29, 1.82) is 0 Å². The molecule has 0 saturated heterocycles. The highest BCUT2D eigenvalue weighted by Crippen LogP contribution is 1.95. The third-order valence-electron chi connectivity index (χ3n) is 3.04. The molecule has 0 aromatic carbocycles. The van der Waals surface area contributed by atoms with E-state index >= 15 is 0 Å². The molecule has 0 rings (SSSR count). The van der Waals surface area contributed by atoms with Crippen LogP contribution < -0.4 is 10.6 Å². The number of carbonyl (C=O) groups is 1. The summed E-state index contributed by atoms with van der Waals surface area (Å²) in [5.41, 5.74) is 0. The summed E-state index contributed by atoms with van der Waals surface area (Å²) in [6, 6.07) is 0.539. The Hall–Kier alpha value is -0.570. The minimum absolute atomic E-state index is 0. The number of aliphatic imine (C=N–C) groups is 1. The number of rotatable bonds is 8. The van der Waals surface area contributed by atoms with E-state index in [0.29, 0.717) is 12.0 Å². The highest BCUT2D eigenvalue weighted by atomic mass is 127. The molecule has 0 aliphatic heterocycles. The number of hydrogen-bond donors (Lipinski definition) is 2. The van der Waals surface area contributed by atoms with Crippen molar-refractivity contribution in [2.75, 3.05) is 46.8 Å². The normalized spacial score (nSPS) is 11.3. The van der Waals surface area contributed by atoms with Crippen molar-refractivity contribution in [1.82, 2.24) is 20.4 Å². The second kappa shape index (κ2) is 13.1. The molecule has 0 saturated carbocycles. The molecule has 0 spiro atoms. The Kier molecular flexibility index (Phi) is 14.2. The molecule has 0 unspecified atom stereocenters. The number of amides is 1. The van der Waals surface area contributed by atoms with Gasteiger partial charge in [-0.3, -0.25) is 9.69 Å². The van der Waals surface area contributed by atoms with E-state index in [4.69, 9.17) is 0 Å². The zero-order valence-electron chi connectivity index (χ0n) is 14.3. The average molecular weight is 413 g/mol. The first-order valence-corrected chi connectivity index (χ1v) is 7.38. The Morgan fingerprint density at radius 2 is 1.81 bits per heavy atom. The Balaban J connectivity index is 0. The fourth-order valence-corrected chi connectivity index (χ4v) is 1.73. The monoisotopic (exact) mass is 413 g/mol. The van der Waals surface area contributed by atoms with Gasteiger partial charge < -0.3 is 15.5 Å². The minimum Gasteiger partial charge on any atom is -0.357 e. The number of guanidine groups is 1. The Morgan fingerprint density at radius 3 is 2.24 bits per heavy atom. The van der Waals surface area contributed by atoms with Gasteiger partial charge in [-0.2, -0.15) is 0 Å². The third-order valence-corrected chi connectivity index (χ3v) is 3.04. The first-order chi connectivity index (χ1) is 9.42. The number of halogens is 1. The average Bonchev–Trinajstić information content (AvgIpc) is 2.39. The van der Waals surface area contributed by atoms with Crippen LogP contribution in [0.5, 0.6) is 0 Å². The molecule has 7 heteroatoms. The van der Waals surface area contributed by atoms with Crippen LogP contribution in [-0.2, 0) is 4.79 Å². The SMILES string of the molecule is CCNC(=NCC(=O)N(C)C)NCCN(CC)C(C)C.I. The summed E-state index contributed by atoms with van der Waals surface area (Å²) in [5, 5.41) is 6.41. The van der Waals surface area contributed by atoms with E-state index < -0.39 is 0 Å². The highest BCUT2D eigenvalue weighted by Gasteiger charge is 2.07. The van der Waals surface area contributed by atoms with Crippen molar-refractivity contribution in [3.05, 3.63) is 0 Å². The summed E-state index contributed by atoms with van der Waals surface area (Å²) in [4.78, 5) is 19.7. The summed E-state index contributed by atoms with van der Waals surface area (Å²) in [7, 11) is 3.47. The maximum atomic E-state index is 11.5. The lowest BCUT2D eigenvalue weighted by atomic mass is 10.3. The number of nitrogens with zero attached hydrogens (tertiary/aromatic N) is 3. The van der Waals surface area contributed by atoms with Gasteiger partial charge in [0.05, 0.1) is 0 Å². The van der Waals surface area contributed by atoms with E-state index in [1.165, 1.54) is 0 Å². The van der Waals surface area contributed by atoms with Crippen LogP contribution in [0.3, 0.4) is 0 Å². The molecule has 0 aromatic heterocycles. The molecule has 0 radical (unpaired) electrons. The van der Waals surface area contributed by atoms with Crippen molar-refractivity contribution in [2.45, 2.75) is 33.7 Å². The van der Waals surface area contributed by atoms with Gasteiger partial charge in [-0.1, -0.05) is 6.92 Å². The fraction of sp³-hybridized carbons (Fsp3) is 0.857. The van der Waals surface area contributed by atoms with Gasteiger partial charge in [-0.25, -0.2) is 4.99 Å². The lowest BCUT2D eigenvalue weighted by molar-refractivity contribution is -0.127. The van der Waals surface area contributed by atoms with Crippen LogP contribution in [0.25, 0.3) is 0 Å². The lowest BCUT2D eigenvalue weighted by Gasteiger charge is -2.25. The smallest absolute Gasteiger partial charge is 0.243 e. The fourth-order valence-electron chi connectivity index (χ4n) is 1.73. The van der Waals surface area contributed by atoms with Gasteiger partial charge >= 0.3 is 0 Å². The summed E-state index contributed by atoms with van der Waals surface area (Å²) < 4.78 is 0. The molecule has 0 aliphatic rings. The van der Waals surface area contributed by atoms with Gasteiger partial charge in [0.1, 0.15) is 6.54 Å². The molecule has 2 N–H and O–H groups in total. The Morgan fingerprint density at radius 1 is 1.19 bits per heavy atom. The van der Waals surface area contributed by atoms with Crippen molar-refractivity contribution in [2.24, 2.45) is 4.99 Å². The van der Waals surface area contributed by atoms with Crippen LogP contribution in [0, 0.1) is 0 Å². The van der Waals surface area contributed by atoms with Crippen LogP contribution in [0.4, 0.5) is 0 Å². The standard InChI is InChI=1S/C14H31N5O.HI/c1-7-15-14(17-11-13(20)18(5)6)16-9-10-19(8-2)12(3)4;/h12H,7-11H2,1-6H3,(H2,15,16,17);1H. The maximum absolute atomic E-state index is 11.5. The van der Waals surface area contributed by atoms with Crippen LogP contribution >= 0.6 is 24.0 Å². The summed E-state index contributed by atoms with van der Waals surface area (Å²) in [6.45, 7) is 12.3. The summed E-state index contributed by atoms with van der Waals surface area (Å²) in [5.74, 6) is 0.696. The molecule has 6 nitrogen and oxygen atoms in total. The number of hydrogen-bond acceptors (Lipinski definition) is 3. The van der Waals surface area contributed by atoms with Crippen molar-refractivity contribution < 1.29 is 4.79 Å². The Labute approximate surface area is 146 Å². The molecule has 0 heterocycles. The molecular formula is C14H32IN5O. The van der Waals surface area contributed by atoms with Gasteiger partial charge in [0.2, 0.25) is 5.91 Å². The summed E-state index contributed by atoms with van der Waals surface area (Å²) >= 11 is 0. The Bertz CT molecular complexity index is 308. The largest absolute Gasteiger partial charge is 0.357 e. The zero-order valence-corrected chi connectivity index (χ0v) is 16.6. The maximum Gasteiger partial charge on any atom is 0.243 e. The van der Waals surface area contributed by atoms with E-state index in [2.05, 4.69) is 41.3 Å². The number of likely N-dealkylation sites (N-methyl/N-ethyl adjacent to an activating group) is 2. The molecule has 1 amide bonds. The quantitative estimate of drug-likeness (QED) is 0.354. The van der Waals surface area contributed by atoms with Crippen LogP contribution in [0.2, 0.25) is 0 Å². The van der Waals surface area contributed by atoms with Gasteiger partial charge in [0.25, 0.3) is 0 Å². The zero-order chi connectivity index (χ0) is 15.5. The van der Waals surface area contributed by atoms with Crippen molar-refractivity contribution >= 4 is 35.8 Å². The molecular weight excluding hydrogens is 381 g/mol. The van der Waals surface area contributed by atoms with E-state index in [9.17, 15) is 4.79 Å². The van der Waals surface area contributed by atoms with E-state index in [0.717, 1.165) is 26.2 Å². The molecule has 0 aliphatic carbocycles. The van der Waals surface area contributed by atoms with Crippen molar-refractivity contribution in [3.63, 3.8) is 0 Å². The molecule has 0 atom stereocenters. The van der Waals surface area contributed by atoms with Gasteiger partial charge in [-0.05, 0) is 27.3 Å². The predicted octanol–water partition coefficient (Wildman–Crippen LogP) is 0.978. The summed E-state index contributed by atoms with van der Waals surface area (Å²) in [6.07, 6.45) is 0. The molecule has 0 bridgehead atoms.